The number of rotatable bonds is 5. The molecule has 0 spiro atoms. The van der Waals surface area contributed by atoms with E-state index >= 15 is 0 Å². The van der Waals surface area contributed by atoms with Gasteiger partial charge >= 0.3 is 0 Å². The summed E-state index contributed by atoms with van der Waals surface area (Å²) in [5, 5.41) is 9.06. The van der Waals surface area contributed by atoms with Crippen LogP contribution in [0.15, 0.2) is 21.8 Å². The molecule has 7 nitrogen and oxygen atoms in total. The minimum absolute atomic E-state index is 0.0637. The van der Waals surface area contributed by atoms with Crippen LogP contribution in [0.5, 0.6) is 11.5 Å². The molecule has 2 aromatic rings. The summed E-state index contributed by atoms with van der Waals surface area (Å²) < 4.78 is 40.1. The monoisotopic (exact) mass is 430 g/mol. The fraction of sp³-hybridized carbons (Fsp3) is 0.529. The number of hydrogen-bond donors (Lipinski definition) is 0. The summed E-state index contributed by atoms with van der Waals surface area (Å²) >= 11 is 7.71. The van der Waals surface area contributed by atoms with Crippen molar-refractivity contribution in [2.45, 2.75) is 30.2 Å². The fourth-order valence-electron chi connectivity index (χ4n) is 3.17. The standard InChI is InChI=1S/C17H19ClN2O5S2/c18-13-6-12(7-14-16(13)24-4-1-3-23-14)9-26-17-20-19-15(25-17)8-11-2-5-27(21,22)10-11/h6-7,11H,1-5,8-10H2/t11-/m0/s1. The van der Waals surface area contributed by atoms with E-state index in [1.54, 1.807) is 0 Å². The van der Waals surface area contributed by atoms with Gasteiger partial charge in [-0.25, -0.2) is 8.42 Å². The molecule has 0 N–H and O–H groups in total. The second-order valence-electron chi connectivity index (χ2n) is 6.68. The maximum absolute atomic E-state index is 11.5. The summed E-state index contributed by atoms with van der Waals surface area (Å²) in [5.74, 6) is 2.84. The maximum atomic E-state index is 11.5. The Morgan fingerprint density at radius 1 is 1.22 bits per heavy atom. The molecule has 1 aromatic carbocycles. The molecule has 1 atom stereocenters. The van der Waals surface area contributed by atoms with Gasteiger partial charge in [-0.05, 0) is 30.0 Å². The molecule has 0 aliphatic carbocycles. The Labute approximate surface area is 166 Å². The Morgan fingerprint density at radius 3 is 2.89 bits per heavy atom. The third-order valence-electron chi connectivity index (χ3n) is 4.46. The van der Waals surface area contributed by atoms with E-state index in [0.717, 1.165) is 12.0 Å². The first-order valence-electron chi connectivity index (χ1n) is 8.72. The van der Waals surface area contributed by atoms with Gasteiger partial charge in [0.25, 0.3) is 5.22 Å². The third-order valence-corrected chi connectivity index (χ3v) is 7.47. The minimum Gasteiger partial charge on any atom is -0.489 e. The van der Waals surface area contributed by atoms with Crippen molar-refractivity contribution in [3.05, 3.63) is 28.6 Å². The van der Waals surface area contributed by atoms with Gasteiger partial charge in [0, 0.05) is 18.6 Å². The van der Waals surface area contributed by atoms with Gasteiger partial charge in [-0.1, -0.05) is 23.4 Å². The van der Waals surface area contributed by atoms with E-state index in [0.29, 0.717) is 59.4 Å². The molecular weight excluding hydrogens is 412 g/mol. The molecule has 0 bridgehead atoms. The largest absolute Gasteiger partial charge is 0.489 e. The summed E-state index contributed by atoms with van der Waals surface area (Å²) in [5.41, 5.74) is 0.968. The number of ether oxygens (including phenoxy) is 2. The Kier molecular flexibility index (Phi) is 5.52. The molecule has 1 fully saturated rings. The molecule has 0 radical (unpaired) electrons. The van der Waals surface area contributed by atoms with Crippen LogP contribution in [0.4, 0.5) is 0 Å². The fourth-order valence-corrected chi connectivity index (χ4v) is 6.03. The number of nitrogens with zero attached hydrogens (tertiary/aromatic N) is 2. The average molecular weight is 431 g/mol. The normalized spacial score (nSPS) is 21.1. The van der Waals surface area contributed by atoms with Crippen molar-refractivity contribution in [2.24, 2.45) is 5.92 Å². The molecule has 10 heteroatoms. The molecule has 0 amide bonds. The first-order valence-corrected chi connectivity index (χ1v) is 11.9. The molecule has 0 unspecified atom stereocenters. The summed E-state index contributed by atoms with van der Waals surface area (Å²) in [4.78, 5) is 0. The van der Waals surface area contributed by atoms with Gasteiger partial charge in [0.1, 0.15) is 0 Å². The molecule has 0 saturated carbocycles. The van der Waals surface area contributed by atoms with Crippen molar-refractivity contribution >= 4 is 33.2 Å². The smallest absolute Gasteiger partial charge is 0.276 e. The summed E-state index contributed by atoms with van der Waals surface area (Å²) in [6.45, 7) is 1.19. The van der Waals surface area contributed by atoms with E-state index in [2.05, 4.69) is 10.2 Å². The molecule has 4 rings (SSSR count). The predicted octanol–water partition coefficient (Wildman–Crippen LogP) is 3.15. The second-order valence-corrected chi connectivity index (χ2v) is 10.2. The molecule has 1 aromatic heterocycles. The molecule has 2 aliphatic rings. The maximum Gasteiger partial charge on any atom is 0.276 e. The lowest BCUT2D eigenvalue weighted by Crippen LogP contribution is -2.07. The number of fused-ring (bicyclic) bond motifs is 1. The van der Waals surface area contributed by atoms with E-state index in [9.17, 15) is 8.42 Å². The van der Waals surface area contributed by atoms with E-state index in [-0.39, 0.29) is 17.4 Å². The number of sulfone groups is 1. The third kappa shape index (κ3) is 4.70. The second kappa shape index (κ2) is 7.89. The molecule has 27 heavy (non-hydrogen) atoms. The summed E-state index contributed by atoms with van der Waals surface area (Å²) in [7, 11) is -2.90. The summed E-state index contributed by atoms with van der Waals surface area (Å²) in [6, 6.07) is 3.77. The van der Waals surface area contributed by atoms with Crippen LogP contribution in [0.3, 0.4) is 0 Å². The first-order chi connectivity index (χ1) is 13.0. The number of halogens is 1. The highest BCUT2D eigenvalue weighted by Crippen LogP contribution is 2.39. The number of hydrogen-bond acceptors (Lipinski definition) is 8. The van der Waals surface area contributed by atoms with E-state index in [4.69, 9.17) is 25.5 Å². The zero-order valence-electron chi connectivity index (χ0n) is 14.5. The van der Waals surface area contributed by atoms with Crippen LogP contribution in [0.25, 0.3) is 0 Å². The van der Waals surface area contributed by atoms with Gasteiger partial charge < -0.3 is 13.9 Å². The van der Waals surface area contributed by atoms with Crippen molar-refractivity contribution < 1.29 is 22.3 Å². The van der Waals surface area contributed by atoms with Gasteiger partial charge in [0.2, 0.25) is 5.89 Å². The molecule has 1 saturated heterocycles. The van der Waals surface area contributed by atoms with Gasteiger partial charge in [-0.3, -0.25) is 0 Å². The number of thioether (sulfide) groups is 1. The van der Waals surface area contributed by atoms with E-state index < -0.39 is 9.84 Å². The highest BCUT2D eigenvalue weighted by molar-refractivity contribution is 7.98. The van der Waals surface area contributed by atoms with Crippen LogP contribution in [0, 0.1) is 5.92 Å². The highest BCUT2D eigenvalue weighted by Gasteiger charge is 2.29. The number of aromatic nitrogens is 2. The lowest BCUT2D eigenvalue weighted by Gasteiger charge is -2.11. The lowest BCUT2D eigenvalue weighted by atomic mass is 10.1. The number of benzene rings is 1. The quantitative estimate of drug-likeness (QED) is 0.668. The Balaban J connectivity index is 1.37. The minimum atomic E-state index is -2.90. The molecular formula is C17H19ClN2O5S2. The zero-order chi connectivity index (χ0) is 18.9. The Hall–Kier alpha value is -1.45. The predicted molar refractivity (Wildman–Crippen MR) is 101 cm³/mol. The molecule has 2 aliphatic heterocycles. The highest BCUT2D eigenvalue weighted by atomic mass is 35.5. The Morgan fingerprint density at radius 2 is 2.07 bits per heavy atom. The van der Waals surface area contributed by atoms with Gasteiger partial charge in [-0.15, -0.1) is 10.2 Å². The van der Waals surface area contributed by atoms with Crippen molar-refractivity contribution in [3.8, 4) is 11.5 Å². The zero-order valence-corrected chi connectivity index (χ0v) is 16.9. The van der Waals surface area contributed by atoms with Crippen LogP contribution < -0.4 is 9.47 Å². The van der Waals surface area contributed by atoms with Crippen LogP contribution in [-0.4, -0.2) is 43.3 Å². The van der Waals surface area contributed by atoms with E-state index in [1.807, 2.05) is 12.1 Å². The Bertz CT molecular complexity index is 931. The van der Waals surface area contributed by atoms with Crippen molar-refractivity contribution in [3.63, 3.8) is 0 Å². The topological polar surface area (TPSA) is 91.5 Å². The molecule has 3 heterocycles. The molecule has 146 valence electrons. The van der Waals surface area contributed by atoms with Gasteiger partial charge in [0.05, 0.1) is 29.7 Å². The van der Waals surface area contributed by atoms with Crippen molar-refractivity contribution in [1.82, 2.24) is 10.2 Å². The SMILES string of the molecule is O=S1(=O)CC[C@@H](Cc2nnc(SCc3cc(Cl)c4c(c3)OCCCO4)o2)C1. The average Bonchev–Trinajstić information content (AvgIpc) is 3.11. The van der Waals surface area contributed by atoms with Gasteiger partial charge in [0.15, 0.2) is 21.3 Å². The summed E-state index contributed by atoms with van der Waals surface area (Å²) in [6.07, 6.45) is 1.98. The van der Waals surface area contributed by atoms with Crippen LogP contribution in [-0.2, 0) is 22.0 Å². The lowest BCUT2D eigenvalue weighted by molar-refractivity contribution is 0.297. The van der Waals surface area contributed by atoms with Crippen LogP contribution >= 0.6 is 23.4 Å². The van der Waals surface area contributed by atoms with Crippen molar-refractivity contribution in [2.75, 3.05) is 24.7 Å². The van der Waals surface area contributed by atoms with Crippen LogP contribution in [0.2, 0.25) is 5.02 Å². The van der Waals surface area contributed by atoms with Crippen molar-refractivity contribution in [1.29, 1.82) is 0 Å². The van der Waals surface area contributed by atoms with Crippen LogP contribution in [0.1, 0.15) is 24.3 Å². The first kappa shape index (κ1) is 18.9. The van der Waals surface area contributed by atoms with Gasteiger partial charge in [-0.2, -0.15) is 0 Å². The van der Waals surface area contributed by atoms with E-state index in [1.165, 1.54) is 11.8 Å².